The summed E-state index contributed by atoms with van der Waals surface area (Å²) < 4.78 is 1.86. The highest BCUT2D eigenvalue weighted by Crippen LogP contribution is 2.26. The number of rotatable bonds is 7. The van der Waals surface area contributed by atoms with Crippen molar-refractivity contribution in [2.24, 2.45) is 5.92 Å². The van der Waals surface area contributed by atoms with Crippen LogP contribution < -0.4 is 10.6 Å². The van der Waals surface area contributed by atoms with Crippen molar-refractivity contribution in [3.63, 3.8) is 0 Å². The van der Waals surface area contributed by atoms with E-state index in [0.717, 1.165) is 16.8 Å². The predicted octanol–water partition coefficient (Wildman–Crippen LogP) is 6.21. The molecule has 8 heteroatoms. The Kier molecular flexibility index (Phi) is 8.46. The maximum atomic E-state index is 13.2. The van der Waals surface area contributed by atoms with E-state index in [9.17, 15) is 9.59 Å². The van der Waals surface area contributed by atoms with Gasteiger partial charge in [-0.3, -0.25) is 14.7 Å². The molecule has 3 aromatic rings. The van der Waals surface area contributed by atoms with Crippen molar-refractivity contribution in [2.45, 2.75) is 54.0 Å². The lowest BCUT2D eigenvalue weighted by Gasteiger charge is -2.29. The van der Waals surface area contributed by atoms with E-state index >= 15 is 0 Å². The lowest BCUT2D eigenvalue weighted by Crippen LogP contribution is -2.51. The van der Waals surface area contributed by atoms with Crippen molar-refractivity contribution < 1.29 is 9.59 Å². The van der Waals surface area contributed by atoms with Gasteiger partial charge in [0.15, 0.2) is 0 Å². The Balaban J connectivity index is 1.92. The Morgan fingerprint density at radius 1 is 1.06 bits per heavy atom. The monoisotopic (exact) mass is 509 g/mol. The molecule has 36 heavy (non-hydrogen) atoms. The highest BCUT2D eigenvalue weighted by Gasteiger charge is 2.23. The summed E-state index contributed by atoms with van der Waals surface area (Å²) in [5.74, 6) is 0.268. The van der Waals surface area contributed by atoms with Gasteiger partial charge in [0.2, 0.25) is 11.9 Å². The quantitative estimate of drug-likeness (QED) is 0.397. The zero-order chi connectivity index (χ0) is 26.6. The number of nitrogens with zero attached hydrogens (tertiary/aromatic N) is 3. The molecular formula is C28H36ClN5O2. The van der Waals surface area contributed by atoms with Gasteiger partial charge < -0.3 is 10.2 Å². The van der Waals surface area contributed by atoms with Gasteiger partial charge in [-0.15, -0.1) is 0 Å². The van der Waals surface area contributed by atoms with E-state index < -0.39 is 5.54 Å². The normalized spacial score (nSPS) is 11.5. The number of amides is 3. The third-order valence-electron chi connectivity index (χ3n) is 5.55. The first-order valence-electron chi connectivity index (χ1n) is 12.1. The van der Waals surface area contributed by atoms with Crippen LogP contribution in [0.4, 0.5) is 10.7 Å². The summed E-state index contributed by atoms with van der Waals surface area (Å²) in [6, 6.07) is 13.2. The van der Waals surface area contributed by atoms with Crippen molar-refractivity contribution in [1.29, 1.82) is 0 Å². The van der Waals surface area contributed by atoms with E-state index in [1.54, 1.807) is 0 Å². The van der Waals surface area contributed by atoms with Crippen LogP contribution in [-0.4, -0.2) is 45.0 Å². The highest BCUT2D eigenvalue weighted by atomic mass is 35.5. The number of hydrogen-bond donors (Lipinski definition) is 2. The molecule has 0 aliphatic heterocycles. The molecule has 0 atom stereocenters. The number of halogens is 1. The second-order valence-electron chi connectivity index (χ2n) is 10.6. The number of urea groups is 1. The number of aryl methyl sites for hydroxylation is 2. The highest BCUT2D eigenvalue weighted by molar-refractivity contribution is 6.30. The fraction of sp³-hybridized carbons (Fsp3) is 0.393. The van der Waals surface area contributed by atoms with Crippen molar-refractivity contribution >= 4 is 29.5 Å². The minimum absolute atomic E-state index is 0.0871. The maximum absolute atomic E-state index is 13.2. The molecule has 0 spiro atoms. The van der Waals surface area contributed by atoms with Gasteiger partial charge in [-0.25, -0.2) is 9.78 Å². The van der Waals surface area contributed by atoms with E-state index in [1.807, 2.05) is 88.7 Å². The van der Waals surface area contributed by atoms with Crippen LogP contribution in [0.15, 0.2) is 48.7 Å². The number of hydrogen-bond acceptors (Lipinski definition) is 3. The summed E-state index contributed by atoms with van der Waals surface area (Å²) in [5, 5.41) is 6.52. The fourth-order valence-corrected chi connectivity index (χ4v) is 3.82. The summed E-state index contributed by atoms with van der Waals surface area (Å²) >= 11 is 6.06. The van der Waals surface area contributed by atoms with Crippen LogP contribution in [0.5, 0.6) is 0 Å². The summed E-state index contributed by atoms with van der Waals surface area (Å²) in [7, 11) is 0. The van der Waals surface area contributed by atoms with Crippen molar-refractivity contribution in [3.8, 4) is 16.9 Å². The van der Waals surface area contributed by atoms with E-state index in [-0.39, 0.29) is 24.4 Å². The first-order chi connectivity index (χ1) is 16.8. The molecular weight excluding hydrogens is 474 g/mol. The summed E-state index contributed by atoms with van der Waals surface area (Å²) in [5.41, 5.74) is 4.36. The van der Waals surface area contributed by atoms with Crippen molar-refractivity contribution in [3.05, 3.63) is 64.8 Å². The number of anilines is 1. The minimum atomic E-state index is -0.407. The van der Waals surface area contributed by atoms with E-state index in [4.69, 9.17) is 16.6 Å². The van der Waals surface area contributed by atoms with Crippen LogP contribution in [0.25, 0.3) is 16.9 Å². The molecule has 0 radical (unpaired) electrons. The zero-order valence-corrected chi connectivity index (χ0v) is 22.9. The molecule has 2 aromatic carbocycles. The SMILES string of the molecule is Cc1ccc(-n2cc(-c3ccc(Cl)cc3)nc2NC(=O)CN(CC(C)C)C(=O)NC(C)(C)C)cc1C. The summed E-state index contributed by atoms with van der Waals surface area (Å²) in [6.07, 6.45) is 1.89. The van der Waals surface area contributed by atoms with Gasteiger partial charge in [-0.1, -0.05) is 43.6 Å². The molecule has 1 aromatic heterocycles. The second kappa shape index (κ2) is 11.2. The Morgan fingerprint density at radius 3 is 2.31 bits per heavy atom. The standard InChI is InChI=1S/C28H36ClN5O2/c1-18(2)15-33(27(36)32-28(5,6)7)17-25(35)31-26-30-24(21-9-11-22(29)12-10-21)16-34(26)23-13-8-19(3)20(4)14-23/h8-14,16,18H,15,17H2,1-7H3,(H,32,36)(H,30,31,35). The van der Waals surface area contributed by atoms with Crippen LogP contribution in [0.2, 0.25) is 5.02 Å². The summed E-state index contributed by atoms with van der Waals surface area (Å²) in [4.78, 5) is 32.3. The number of aromatic nitrogens is 2. The molecule has 3 rings (SSSR count). The van der Waals surface area contributed by atoms with Gasteiger partial charge in [0.1, 0.15) is 6.54 Å². The Bertz CT molecular complexity index is 1230. The number of nitrogens with one attached hydrogen (secondary N) is 2. The molecule has 192 valence electrons. The number of imidazole rings is 1. The number of carbonyl (C=O) groups excluding carboxylic acids is 2. The molecule has 1 heterocycles. The molecule has 0 unspecified atom stereocenters. The molecule has 2 N–H and O–H groups in total. The van der Waals surface area contributed by atoms with E-state index in [1.165, 1.54) is 10.5 Å². The predicted molar refractivity (Wildman–Crippen MR) is 147 cm³/mol. The van der Waals surface area contributed by atoms with Crippen LogP contribution >= 0.6 is 11.6 Å². The van der Waals surface area contributed by atoms with Crippen LogP contribution in [-0.2, 0) is 4.79 Å². The molecule has 0 bridgehead atoms. The van der Waals surface area contributed by atoms with Gasteiger partial charge >= 0.3 is 6.03 Å². The van der Waals surface area contributed by atoms with Crippen molar-refractivity contribution in [2.75, 3.05) is 18.4 Å². The average molecular weight is 510 g/mol. The maximum Gasteiger partial charge on any atom is 0.318 e. The Morgan fingerprint density at radius 2 is 1.72 bits per heavy atom. The van der Waals surface area contributed by atoms with E-state index in [0.29, 0.717) is 23.2 Å². The van der Waals surface area contributed by atoms with Gasteiger partial charge in [0, 0.05) is 34.6 Å². The number of benzene rings is 2. The van der Waals surface area contributed by atoms with Gasteiger partial charge in [0.05, 0.1) is 5.69 Å². The minimum Gasteiger partial charge on any atom is -0.333 e. The molecule has 0 saturated carbocycles. The molecule has 0 saturated heterocycles. The van der Waals surface area contributed by atoms with Gasteiger partial charge in [-0.05, 0) is 75.9 Å². The lowest BCUT2D eigenvalue weighted by molar-refractivity contribution is -0.116. The smallest absolute Gasteiger partial charge is 0.318 e. The van der Waals surface area contributed by atoms with E-state index in [2.05, 4.69) is 23.6 Å². The zero-order valence-electron chi connectivity index (χ0n) is 22.1. The fourth-order valence-electron chi connectivity index (χ4n) is 3.70. The molecule has 0 aliphatic rings. The average Bonchev–Trinajstić information content (AvgIpc) is 3.17. The second-order valence-corrected chi connectivity index (χ2v) is 11.0. The molecule has 0 aliphatic carbocycles. The summed E-state index contributed by atoms with van der Waals surface area (Å²) in [6.45, 7) is 14.2. The largest absolute Gasteiger partial charge is 0.333 e. The lowest BCUT2D eigenvalue weighted by atomic mass is 10.1. The Hall–Kier alpha value is -3.32. The van der Waals surface area contributed by atoms with Crippen molar-refractivity contribution in [1.82, 2.24) is 19.8 Å². The van der Waals surface area contributed by atoms with Crippen LogP contribution in [0.1, 0.15) is 45.7 Å². The molecule has 7 nitrogen and oxygen atoms in total. The van der Waals surface area contributed by atoms with Crippen LogP contribution in [0, 0.1) is 19.8 Å². The third-order valence-corrected chi connectivity index (χ3v) is 5.81. The Labute approximate surface area is 218 Å². The first kappa shape index (κ1) is 27.3. The van der Waals surface area contributed by atoms with Gasteiger partial charge in [0.25, 0.3) is 0 Å². The molecule has 0 fully saturated rings. The number of carbonyl (C=O) groups is 2. The first-order valence-corrected chi connectivity index (χ1v) is 12.5. The topological polar surface area (TPSA) is 79.3 Å². The van der Waals surface area contributed by atoms with Gasteiger partial charge in [-0.2, -0.15) is 0 Å². The van der Waals surface area contributed by atoms with Crippen LogP contribution in [0.3, 0.4) is 0 Å². The molecule has 3 amide bonds. The third kappa shape index (κ3) is 7.34.